The Hall–Kier alpha value is -2.20. The largest absolute Gasteiger partial charge is 0.495 e. The molecule has 0 radical (unpaired) electrons. The predicted molar refractivity (Wildman–Crippen MR) is 135 cm³/mol. The van der Waals surface area contributed by atoms with Crippen LogP contribution in [0.15, 0.2) is 36.4 Å². The first kappa shape index (κ1) is 28.0. The highest BCUT2D eigenvalue weighted by Crippen LogP contribution is 2.33. The number of hydrogen-bond acceptors (Lipinski definition) is 5. The molecule has 0 spiro atoms. The molecule has 8 nitrogen and oxygen atoms in total. The first-order valence-corrected chi connectivity index (χ1v) is 13.2. The summed E-state index contributed by atoms with van der Waals surface area (Å²) in [5.41, 5.74) is 0.641. The standard InChI is InChI=1S/C22H26Cl3N3O5S/c1-5-26-22(30)14(2)27(12-15-6-7-16(23)10-18(15)25)21(29)13-28(34(4,31)32)19-11-17(24)8-9-20(19)33-3/h6-11,14H,5,12-13H2,1-4H3,(H,26,30). The van der Waals surface area contributed by atoms with Crippen molar-refractivity contribution in [2.75, 3.05) is 30.8 Å². The van der Waals surface area contributed by atoms with Gasteiger partial charge in [0.1, 0.15) is 18.3 Å². The fourth-order valence-electron chi connectivity index (χ4n) is 3.19. The summed E-state index contributed by atoms with van der Waals surface area (Å²) in [6.45, 7) is 3.03. The Morgan fingerprint density at radius 2 is 1.71 bits per heavy atom. The van der Waals surface area contributed by atoms with E-state index in [9.17, 15) is 18.0 Å². The first-order valence-electron chi connectivity index (χ1n) is 10.2. The van der Waals surface area contributed by atoms with Crippen LogP contribution in [-0.4, -0.2) is 57.6 Å². The molecule has 0 aliphatic heterocycles. The van der Waals surface area contributed by atoms with E-state index >= 15 is 0 Å². The molecular formula is C22H26Cl3N3O5S. The number of nitrogens with one attached hydrogen (secondary N) is 1. The van der Waals surface area contributed by atoms with Crippen molar-refractivity contribution in [3.63, 3.8) is 0 Å². The average molecular weight is 551 g/mol. The Labute approximate surface area is 214 Å². The van der Waals surface area contributed by atoms with E-state index in [4.69, 9.17) is 39.5 Å². The molecule has 0 fully saturated rings. The van der Waals surface area contributed by atoms with Crippen LogP contribution in [0.2, 0.25) is 15.1 Å². The molecule has 12 heteroatoms. The number of nitrogens with zero attached hydrogens (tertiary/aromatic N) is 2. The van der Waals surface area contributed by atoms with E-state index in [-0.39, 0.29) is 23.0 Å². The van der Waals surface area contributed by atoms with Gasteiger partial charge in [0, 0.05) is 28.2 Å². The number of carbonyl (C=O) groups is 2. The third-order valence-electron chi connectivity index (χ3n) is 4.96. The Balaban J connectivity index is 2.49. The molecule has 0 saturated heterocycles. The van der Waals surface area contributed by atoms with Gasteiger partial charge in [0.25, 0.3) is 0 Å². The lowest BCUT2D eigenvalue weighted by Gasteiger charge is -2.32. The van der Waals surface area contributed by atoms with Gasteiger partial charge in [-0.2, -0.15) is 0 Å². The summed E-state index contributed by atoms with van der Waals surface area (Å²) < 4.78 is 31.5. The molecule has 2 amide bonds. The van der Waals surface area contributed by atoms with E-state index in [0.29, 0.717) is 22.2 Å². The number of halogens is 3. The molecule has 2 aromatic rings. The van der Waals surface area contributed by atoms with Crippen LogP contribution in [0.4, 0.5) is 5.69 Å². The molecule has 0 heterocycles. The smallest absolute Gasteiger partial charge is 0.244 e. The lowest BCUT2D eigenvalue weighted by molar-refractivity contribution is -0.139. The van der Waals surface area contributed by atoms with Crippen LogP contribution in [0.1, 0.15) is 19.4 Å². The van der Waals surface area contributed by atoms with Crippen molar-refractivity contribution < 1.29 is 22.7 Å². The quantitative estimate of drug-likeness (QED) is 0.483. The molecule has 34 heavy (non-hydrogen) atoms. The topological polar surface area (TPSA) is 96.0 Å². The summed E-state index contributed by atoms with van der Waals surface area (Å²) in [5, 5.41) is 3.66. The first-order chi connectivity index (χ1) is 15.9. The third-order valence-corrected chi connectivity index (χ3v) is 6.91. The zero-order valence-corrected chi connectivity index (χ0v) is 22.2. The van der Waals surface area contributed by atoms with Gasteiger partial charge in [-0.25, -0.2) is 8.42 Å². The van der Waals surface area contributed by atoms with Crippen molar-refractivity contribution in [2.24, 2.45) is 0 Å². The highest BCUT2D eigenvalue weighted by molar-refractivity contribution is 7.92. The minimum absolute atomic E-state index is 0.0442. The van der Waals surface area contributed by atoms with E-state index in [1.807, 2.05) is 0 Å². The van der Waals surface area contributed by atoms with Gasteiger partial charge >= 0.3 is 0 Å². The highest BCUT2D eigenvalue weighted by atomic mass is 35.5. The Kier molecular flexibility index (Phi) is 9.87. The molecule has 1 N–H and O–H groups in total. The van der Waals surface area contributed by atoms with Gasteiger partial charge < -0.3 is 15.0 Å². The van der Waals surface area contributed by atoms with Crippen LogP contribution in [0.25, 0.3) is 0 Å². The van der Waals surface area contributed by atoms with Crippen LogP contribution in [0.3, 0.4) is 0 Å². The lowest BCUT2D eigenvalue weighted by atomic mass is 10.1. The fraction of sp³-hybridized carbons (Fsp3) is 0.364. The number of benzene rings is 2. The Morgan fingerprint density at radius 3 is 2.26 bits per heavy atom. The van der Waals surface area contributed by atoms with Crippen LogP contribution in [-0.2, 0) is 26.2 Å². The van der Waals surface area contributed by atoms with E-state index in [1.165, 1.54) is 36.3 Å². The molecule has 0 saturated carbocycles. The monoisotopic (exact) mass is 549 g/mol. The van der Waals surface area contributed by atoms with E-state index in [2.05, 4.69) is 5.32 Å². The number of anilines is 1. The molecule has 0 aliphatic carbocycles. The second-order valence-electron chi connectivity index (χ2n) is 7.41. The van der Waals surface area contributed by atoms with Crippen LogP contribution >= 0.6 is 34.8 Å². The minimum atomic E-state index is -3.94. The number of sulfonamides is 1. The second kappa shape index (κ2) is 12.0. The average Bonchev–Trinajstić information content (AvgIpc) is 2.75. The predicted octanol–water partition coefficient (Wildman–Crippen LogP) is 3.97. The molecular weight excluding hydrogens is 525 g/mol. The van der Waals surface area contributed by atoms with Crippen molar-refractivity contribution in [1.82, 2.24) is 10.2 Å². The zero-order valence-electron chi connectivity index (χ0n) is 19.1. The number of methoxy groups -OCH3 is 1. The number of amides is 2. The van der Waals surface area contributed by atoms with E-state index in [0.717, 1.165) is 10.6 Å². The summed E-state index contributed by atoms with van der Waals surface area (Å²) in [7, 11) is -2.56. The summed E-state index contributed by atoms with van der Waals surface area (Å²) in [5.74, 6) is -0.809. The van der Waals surface area contributed by atoms with Gasteiger partial charge in [-0.3, -0.25) is 13.9 Å². The Morgan fingerprint density at radius 1 is 1.09 bits per heavy atom. The van der Waals surface area contributed by atoms with Gasteiger partial charge in [0.15, 0.2) is 0 Å². The summed E-state index contributed by atoms with van der Waals surface area (Å²) >= 11 is 18.3. The van der Waals surface area contributed by atoms with Crippen molar-refractivity contribution in [2.45, 2.75) is 26.4 Å². The fourth-order valence-corrected chi connectivity index (χ4v) is 4.67. The third kappa shape index (κ3) is 7.15. The van der Waals surface area contributed by atoms with Gasteiger partial charge in [0.05, 0.1) is 19.1 Å². The zero-order chi connectivity index (χ0) is 25.6. The van der Waals surface area contributed by atoms with Crippen LogP contribution in [0.5, 0.6) is 5.75 Å². The second-order valence-corrected chi connectivity index (χ2v) is 10.6. The number of hydrogen-bond donors (Lipinski definition) is 1. The number of carbonyl (C=O) groups excluding carboxylic acids is 2. The van der Waals surface area contributed by atoms with Crippen molar-refractivity contribution in [1.29, 1.82) is 0 Å². The molecule has 2 rings (SSSR count). The summed E-state index contributed by atoms with van der Waals surface area (Å²) in [6, 6.07) is 8.30. The maximum Gasteiger partial charge on any atom is 0.244 e. The van der Waals surface area contributed by atoms with Gasteiger partial charge in [-0.1, -0.05) is 40.9 Å². The summed E-state index contributed by atoms with van der Waals surface area (Å²) in [4.78, 5) is 27.3. The highest BCUT2D eigenvalue weighted by Gasteiger charge is 2.31. The molecule has 1 unspecified atom stereocenters. The van der Waals surface area contributed by atoms with E-state index in [1.54, 1.807) is 26.0 Å². The molecule has 0 bridgehead atoms. The normalized spacial score (nSPS) is 12.1. The molecule has 2 aromatic carbocycles. The molecule has 1 atom stereocenters. The number of likely N-dealkylation sites (N-methyl/N-ethyl adjacent to an activating group) is 1. The van der Waals surface area contributed by atoms with Crippen LogP contribution in [0, 0.1) is 0 Å². The van der Waals surface area contributed by atoms with Crippen molar-refractivity contribution in [3.8, 4) is 5.75 Å². The maximum atomic E-state index is 13.5. The number of ether oxygens (including phenoxy) is 1. The van der Waals surface area contributed by atoms with Gasteiger partial charge in [-0.05, 0) is 49.7 Å². The van der Waals surface area contributed by atoms with Gasteiger partial charge in [-0.15, -0.1) is 0 Å². The number of rotatable bonds is 10. The van der Waals surface area contributed by atoms with Gasteiger partial charge in [0.2, 0.25) is 21.8 Å². The Bertz CT molecular complexity index is 1160. The maximum absolute atomic E-state index is 13.5. The molecule has 0 aromatic heterocycles. The van der Waals surface area contributed by atoms with E-state index < -0.39 is 34.4 Å². The SMILES string of the molecule is CCNC(=O)C(C)N(Cc1ccc(Cl)cc1Cl)C(=O)CN(c1cc(Cl)ccc1OC)S(C)(=O)=O. The lowest BCUT2D eigenvalue weighted by Crippen LogP contribution is -2.51. The molecule has 186 valence electrons. The van der Waals surface area contributed by atoms with Crippen LogP contribution < -0.4 is 14.4 Å². The van der Waals surface area contributed by atoms with Crippen molar-refractivity contribution in [3.05, 3.63) is 57.0 Å². The van der Waals surface area contributed by atoms with Crippen molar-refractivity contribution >= 4 is 62.3 Å². The minimum Gasteiger partial charge on any atom is -0.495 e. The summed E-state index contributed by atoms with van der Waals surface area (Å²) in [6.07, 6.45) is 0.967. The molecule has 0 aliphatic rings.